The van der Waals surface area contributed by atoms with Crippen LogP contribution in [0.1, 0.15) is 25.8 Å². The van der Waals surface area contributed by atoms with Crippen LogP contribution in [0.3, 0.4) is 0 Å². The molecular formula is C15H23NO2S. The summed E-state index contributed by atoms with van der Waals surface area (Å²) in [5, 5.41) is 3.52. The second kappa shape index (κ2) is 7.06. The van der Waals surface area contributed by atoms with Crippen molar-refractivity contribution in [1.82, 2.24) is 5.32 Å². The SMILES string of the molecule is CCC(C)CNCc1cc2c(cc1SC)OCCO2. The highest BCUT2D eigenvalue weighted by molar-refractivity contribution is 7.98. The van der Waals surface area contributed by atoms with Gasteiger partial charge in [0, 0.05) is 11.4 Å². The van der Waals surface area contributed by atoms with E-state index in [2.05, 4.69) is 37.6 Å². The predicted octanol–water partition coefficient (Wildman–Crippen LogP) is 3.32. The van der Waals surface area contributed by atoms with Gasteiger partial charge < -0.3 is 14.8 Å². The average Bonchev–Trinajstić information content (AvgIpc) is 2.46. The molecule has 1 aliphatic heterocycles. The van der Waals surface area contributed by atoms with Gasteiger partial charge in [0.15, 0.2) is 11.5 Å². The highest BCUT2D eigenvalue weighted by atomic mass is 32.2. The Morgan fingerprint density at radius 2 is 1.95 bits per heavy atom. The minimum absolute atomic E-state index is 0.644. The van der Waals surface area contributed by atoms with E-state index in [1.807, 2.05) is 0 Å². The summed E-state index contributed by atoms with van der Waals surface area (Å²) in [4.78, 5) is 1.26. The summed E-state index contributed by atoms with van der Waals surface area (Å²) < 4.78 is 11.3. The van der Waals surface area contributed by atoms with Crippen LogP contribution >= 0.6 is 11.8 Å². The van der Waals surface area contributed by atoms with Gasteiger partial charge in [0.2, 0.25) is 0 Å². The van der Waals surface area contributed by atoms with Crippen molar-refractivity contribution < 1.29 is 9.47 Å². The first-order valence-electron chi connectivity index (χ1n) is 6.91. The first-order valence-corrected chi connectivity index (χ1v) is 8.14. The molecule has 0 saturated heterocycles. The molecule has 1 aromatic carbocycles. The molecule has 1 aromatic rings. The van der Waals surface area contributed by atoms with Gasteiger partial charge in [-0.25, -0.2) is 0 Å². The lowest BCUT2D eigenvalue weighted by Crippen LogP contribution is -2.21. The second-order valence-corrected chi connectivity index (χ2v) is 5.80. The van der Waals surface area contributed by atoms with Gasteiger partial charge in [0.1, 0.15) is 13.2 Å². The molecule has 2 rings (SSSR count). The van der Waals surface area contributed by atoms with E-state index in [4.69, 9.17) is 9.47 Å². The van der Waals surface area contributed by atoms with Gasteiger partial charge in [-0.3, -0.25) is 0 Å². The van der Waals surface area contributed by atoms with Gasteiger partial charge in [-0.05, 0) is 36.4 Å². The molecule has 3 nitrogen and oxygen atoms in total. The third-order valence-corrected chi connectivity index (χ3v) is 4.27. The molecule has 0 fully saturated rings. The number of ether oxygens (including phenoxy) is 2. The largest absolute Gasteiger partial charge is 0.486 e. The molecule has 4 heteroatoms. The maximum absolute atomic E-state index is 5.65. The van der Waals surface area contributed by atoms with Gasteiger partial charge in [-0.2, -0.15) is 0 Å². The summed E-state index contributed by atoms with van der Waals surface area (Å²) in [6.45, 7) is 7.73. The number of benzene rings is 1. The molecule has 1 atom stereocenters. The fraction of sp³-hybridized carbons (Fsp3) is 0.600. The van der Waals surface area contributed by atoms with E-state index < -0.39 is 0 Å². The van der Waals surface area contributed by atoms with Crippen LogP contribution in [0.2, 0.25) is 0 Å². The van der Waals surface area contributed by atoms with E-state index in [-0.39, 0.29) is 0 Å². The molecule has 0 amide bonds. The molecule has 0 radical (unpaired) electrons. The second-order valence-electron chi connectivity index (χ2n) is 4.95. The molecule has 0 aromatic heterocycles. The normalized spacial score (nSPS) is 15.3. The standard InChI is InChI=1S/C15H23NO2S/c1-4-11(2)9-16-10-12-7-13-14(8-15(12)19-3)18-6-5-17-13/h7-8,11,16H,4-6,9-10H2,1-3H3. The zero-order chi connectivity index (χ0) is 13.7. The van der Waals surface area contributed by atoms with Crippen molar-refractivity contribution in [2.24, 2.45) is 5.92 Å². The number of hydrogen-bond acceptors (Lipinski definition) is 4. The Balaban J connectivity index is 2.06. The fourth-order valence-corrected chi connectivity index (χ4v) is 2.66. The Bertz CT molecular complexity index is 423. The Morgan fingerprint density at radius 3 is 2.58 bits per heavy atom. The maximum Gasteiger partial charge on any atom is 0.162 e. The lowest BCUT2D eigenvalue weighted by Gasteiger charge is -2.21. The zero-order valence-electron chi connectivity index (χ0n) is 12.0. The van der Waals surface area contributed by atoms with Crippen LogP contribution in [0, 0.1) is 5.92 Å². The molecule has 0 aliphatic carbocycles. The van der Waals surface area contributed by atoms with E-state index in [0.717, 1.165) is 30.5 Å². The number of hydrogen-bond donors (Lipinski definition) is 1. The molecule has 1 heterocycles. The van der Waals surface area contributed by atoms with Crippen LogP contribution < -0.4 is 14.8 Å². The molecule has 0 spiro atoms. The van der Waals surface area contributed by atoms with E-state index in [0.29, 0.717) is 13.2 Å². The van der Waals surface area contributed by atoms with Gasteiger partial charge >= 0.3 is 0 Å². The molecule has 0 saturated carbocycles. The number of rotatable bonds is 6. The van der Waals surface area contributed by atoms with Crippen molar-refractivity contribution in [2.45, 2.75) is 31.7 Å². The Hall–Kier alpha value is -0.870. The summed E-state index contributed by atoms with van der Waals surface area (Å²) in [7, 11) is 0. The van der Waals surface area contributed by atoms with E-state index in [1.165, 1.54) is 16.9 Å². The summed E-state index contributed by atoms with van der Waals surface area (Å²) >= 11 is 1.76. The first kappa shape index (κ1) is 14.5. The quantitative estimate of drug-likeness (QED) is 0.810. The molecular weight excluding hydrogens is 258 g/mol. The Labute approximate surface area is 120 Å². The van der Waals surface area contributed by atoms with E-state index in [1.54, 1.807) is 11.8 Å². The van der Waals surface area contributed by atoms with E-state index in [9.17, 15) is 0 Å². The smallest absolute Gasteiger partial charge is 0.162 e. The minimum atomic E-state index is 0.644. The number of fused-ring (bicyclic) bond motifs is 1. The highest BCUT2D eigenvalue weighted by Gasteiger charge is 2.15. The van der Waals surface area contributed by atoms with Crippen LogP contribution in [0.4, 0.5) is 0 Å². The number of nitrogens with one attached hydrogen (secondary N) is 1. The van der Waals surface area contributed by atoms with Crippen molar-refractivity contribution in [2.75, 3.05) is 26.0 Å². The van der Waals surface area contributed by atoms with Crippen molar-refractivity contribution in [3.8, 4) is 11.5 Å². The molecule has 19 heavy (non-hydrogen) atoms. The lowest BCUT2D eigenvalue weighted by atomic mass is 10.1. The monoisotopic (exact) mass is 281 g/mol. The Kier molecular flexibility index (Phi) is 5.40. The predicted molar refractivity (Wildman–Crippen MR) is 80.4 cm³/mol. The van der Waals surface area contributed by atoms with Gasteiger partial charge in [-0.1, -0.05) is 20.3 Å². The van der Waals surface area contributed by atoms with Crippen molar-refractivity contribution >= 4 is 11.8 Å². The Morgan fingerprint density at radius 1 is 1.26 bits per heavy atom. The topological polar surface area (TPSA) is 30.5 Å². The van der Waals surface area contributed by atoms with Crippen LogP contribution in [0.5, 0.6) is 11.5 Å². The van der Waals surface area contributed by atoms with Crippen molar-refractivity contribution in [3.63, 3.8) is 0 Å². The van der Waals surface area contributed by atoms with Crippen LogP contribution in [-0.2, 0) is 6.54 Å². The van der Waals surface area contributed by atoms with Crippen LogP contribution in [-0.4, -0.2) is 26.0 Å². The van der Waals surface area contributed by atoms with Crippen LogP contribution in [0.25, 0.3) is 0 Å². The summed E-state index contributed by atoms with van der Waals surface area (Å²) in [6.07, 6.45) is 3.31. The maximum atomic E-state index is 5.65. The molecule has 1 unspecified atom stereocenters. The fourth-order valence-electron chi connectivity index (χ4n) is 2.04. The third-order valence-electron chi connectivity index (χ3n) is 3.45. The first-order chi connectivity index (χ1) is 9.24. The third kappa shape index (κ3) is 3.80. The zero-order valence-corrected chi connectivity index (χ0v) is 12.8. The van der Waals surface area contributed by atoms with Crippen molar-refractivity contribution in [1.29, 1.82) is 0 Å². The lowest BCUT2D eigenvalue weighted by molar-refractivity contribution is 0.171. The average molecular weight is 281 g/mol. The van der Waals surface area contributed by atoms with Gasteiger partial charge in [-0.15, -0.1) is 11.8 Å². The van der Waals surface area contributed by atoms with Gasteiger partial charge in [0.25, 0.3) is 0 Å². The summed E-state index contributed by atoms with van der Waals surface area (Å²) in [6, 6.07) is 4.21. The minimum Gasteiger partial charge on any atom is -0.486 e. The summed E-state index contributed by atoms with van der Waals surface area (Å²) in [5.74, 6) is 2.47. The molecule has 1 N–H and O–H groups in total. The van der Waals surface area contributed by atoms with Crippen molar-refractivity contribution in [3.05, 3.63) is 17.7 Å². The molecule has 1 aliphatic rings. The highest BCUT2D eigenvalue weighted by Crippen LogP contribution is 2.36. The van der Waals surface area contributed by atoms with Crippen LogP contribution in [0.15, 0.2) is 17.0 Å². The van der Waals surface area contributed by atoms with Gasteiger partial charge in [0.05, 0.1) is 0 Å². The molecule has 0 bridgehead atoms. The van der Waals surface area contributed by atoms with E-state index >= 15 is 0 Å². The summed E-state index contributed by atoms with van der Waals surface area (Å²) in [5.41, 5.74) is 1.29. The number of thioether (sulfide) groups is 1. The molecule has 106 valence electrons.